The summed E-state index contributed by atoms with van der Waals surface area (Å²) >= 11 is 0. The minimum Gasteiger partial charge on any atom is -0.493 e. The largest absolute Gasteiger partial charge is 0.493 e. The van der Waals surface area contributed by atoms with E-state index in [-0.39, 0.29) is 12.2 Å². The van der Waals surface area contributed by atoms with E-state index in [4.69, 9.17) is 14.7 Å². The number of nitrogens with one attached hydrogen (secondary N) is 1. The van der Waals surface area contributed by atoms with Gasteiger partial charge in [0.05, 0.1) is 7.11 Å². The molecule has 2 aromatic carbocycles. The molecule has 0 spiro atoms. The van der Waals surface area contributed by atoms with Crippen LogP contribution in [0, 0.1) is 29.6 Å². The van der Waals surface area contributed by atoms with Crippen LogP contribution in [0.15, 0.2) is 48.0 Å². The van der Waals surface area contributed by atoms with Crippen LogP contribution in [0.4, 0.5) is 5.69 Å². The van der Waals surface area contributed by atoms with E-state index in [9.17, 15) is 10.1 Å². The van der Waals surface area contributed by atoms with Gasteiger partial charge in [0.1, 0.15) is 17.7 Å². The van der Waals surface area contributed by atoms with Gasteiger partial charge < -0.3 is 14.8 Å². The maximum absolute atomic E-state index is 12.4. The average Bonchev–Trinajstić information content (AvgIpc) is 2.66. The van der Waals surface area contributed by atoms with E-state index in [0.29, 0.717) is 22.7 Å². The van der Waals surface area contributed by atoms with Gasteiger partial charge in [-0.05, 0) is 42.3 Å². The summed E-state index contributed by atoms with van der Waals surface area (Å²) in [6.45, 7) is 1.77. The number of rotatable bonds is 6. The van der Waals surface area contributed by atoms with Crippen LogP contribution in [0.25, 0.3) is 6.08 Å². The van der Waals surface area contributed by atoms with Crippen molar-refractivity contribution in [2.24, 2.45) is 0 Å². The standard InChI is InChI=1S/C20H17N3O3/c1-14-5-3-4-6-17(14)23-20(24)16(13-22)11-15-7-8-18(26-10-9-21)19(12-15)25-2/h3-8,11-12H,10H2,1-2H3,(H,23,24)/b16-11-. The molecule has 1 amide bonds. The molecule has 0 fully saturated rings. The zero-order chi connectivity index (χ0) is 18.9. The fourth-order valence-corrected chi connectivity index (χ4v) is 2.22. The maximum Gasteiger partial charge on any atom is 0.266 e. The third kappa shape index (κ3) is 4.62. The average molecular weight is 347 g/mol. The molecule has 0 saturated heterocycles. The molecule has 2 aromatic rings. The quantitative estimate of drug-likeness (QED) is 0.638. The summed E-state index contributed by atoms with van der Waals surface area (Å²) < 4.78 is 10.5. The second-order valence-corrected chi connectivity index (χ2v) is 5.30. The number of amides is 1. The fourth-order valence-electron chi connectivity index (χ4n) is 2.22. The lowest BCUT2D eigenvalue weighted by molar-refractivity contribution is -0.112. The molecule has 0 radical (unpaired) electrons. The van der Waals surface area contributed by atoms with E-state index < -0.39 is 5.91 Å². The van der Waals surface area contributed by atoms with Gasteiger partial charge in [0.2, 0.25) is 0 Å². The summed E-state index contributed by atoms with van der Waals surface area (Å²) in [7, 11) is 1.47. The van der Waals surface area contributed by atoms with E-state index in [1.165, 1.54) is 13.2 Å². The van der Waals surface area contributed by atoms with Gasteiger partial charge in [-0.15, -0.1) is 0 Å². The Balaban J connectivity index is 2.25. The number of hydrogen-bond donors (Lipinski definition) is 1. The Morgan fingerprint density at radius 3 is 2.62 bits per heavy atom. The summed E-state index contributed by atoms with van der Waals surface area (Å²) in [6.07, 6.45) is 1.46. The minimum atomic E-state index is -0.495. The molecule has 0 aliphatic carbocycles. The van der Waals surface area contributed by atoms with Gasteiger partial charge in [-0.25, -0.2) is 0 Å². The van der Waals surface area contributed by atoms with E-state index in [2.05, 4.69) is 5.32 Å². The lowest BCUT2D eigenvalue weighted by Crippen LogP contribution is -2.14. The highest BCUT2D eigenvalue weighted by Gasteiger charge is 2.12. The number of benzene rings is 2. The summed E-state index contributed by atoms with van der Waals surface area (Å²) in [4.78, 5) is 12.4. The van der Waals surface area contributed by atoms with Gasteiger partial charge in [0.25, 0.3) is 5.91 Å². The lowest BCUT2D eigenvalue weighted by Gasteiger charge is -2.09. The monoisotopic (exact) mass is 347 g/mol. The van der Waals surface area contributed by atoms with Crippen LogP contribution in [0.1, 0.15) is 11.1 Å². The Labute approximate surface area is 151 Å². The first-order valence-corrected chi connectivity index (χ1v) is 7.75. The summed E-state index contributed by atoms with van der Waals surface area (Å²) in [5.74, 6) is 0.324. The molecule has 0 aromatic heterocycles. The zero-order valence-corrected chi connectivity index (χ0v) is 14.4. The van der Waals surface area contributed by atoms with Crippen molar-refractivity contribution < 1.29 is 14.3 Å². The molecule has 0 aliphatic heterocycles. The molecule has 6 nitrogen and oxygen atoms in total. The van der Waals surface area contributed by atoms with Gasteiger partial charge in [-0.2, -0.15) is 10.5 Å². The van der Waals surface area contributed by atoms with Crippen LogP contribution in [0.2, 0.25) is 0 Å². The van der Waals surface area contributed by atoms with E-state index >= 15 is 0 Å². The Morgan fingerprint density at radius 1 is 1.19 bits per heavy atom. The number of carbonyl (C=O) groups is 1. The van der Waals surface area contributed by atoms with Crippen molar-refractivity contribution in [2.75, 3.05) is 19.0 Å². The SMILES string of the molecule is COc1cc(/C=C(/C#N)C(=O)Nc2ccccc2C)ccc1OCC#N. The number of nitriles is 2. The van der Waals surface area contributed by atoms with Crippen LogP contribution >= 0.6 is 0 Å². The zero-order valence-electron chi connectivity index (χ0n) is 14.4. The normalized spacial score (nSPS) is 10.4. The first-order chi connectivity index (χ1) is 12.6. The number of methoxy groups -OCH3 is 1. The van der Waals surface area contributed by atoms with E-state index in [0.717, 1.165) is 5.56 Å². The predicted octanol–water partition coefficient (Wildman–Crippen LogP) is 3.45. The number of para-hydroxylation sites is 1. The number of anilines is 1. The Kier molecular flexibility index (Phi) is 6.36. The summed E-state index contributed by atoms with van der Waals surface area (Å²) in [5, 5.41) is 20.7. The second-order valence-electron chi connectivity index (χ2n) is 5.30. The number of carbonyl (C=O) groups excluding carboxylic acids is 1. The van der Waals surface area contributed by atoms with Crippen molar-refractivity contribution >= 4 is 17.7 Å². The van der Waals surface area contributed by atoms with Crippen LogP contribution < -0.4 is 14.8 Å². The molecule has 0 atom stereocenters. The minimum absolute atomic E-state index is 0.0407. The molecular weight excluding hydrogens is 330 g/mol. The number of aryl methyl sites for hydroxylation is 1. The Morgan fingerprint density at radius 2 is 1.96 bits per heavy atom. The molecule has 0 heterocycles. The van der Waals surface area contributed by atoms with Crippen LogP contribution in [0.5, 0.6) is 11.5 Å². The van der Waals surface area contributed by atoms with Crippen molar-refractivity contribution in [3.8, 4) is 23.6 Å². The van der Waals surface area contributed by atoms with Gasteiger partial charge in [-0.3, -0.25) is 4.79 Å². The molecule has 6 heteroatoms. The highest BCUT2D eigenvalue weighted by molar-refractivity contribution is 6.10. The van der Waals surface area contributed by atoms with Gasteiger partial charge in [-0.1, -0.05) is 24.3 Å². The van der Waals surface area contributed by atoms with E-state index in [1.807, 2.05) is 37.3 Å². The van der Waals surface area contributed by atoms with Crippen molar-refractivity contribution in [3.63, 3.8) is 0 Å². The number of ether oxygens (including phenoxy) is 2. The Hall–Kier alpha value is -3.77. The molecule has 0 saturated carbocycles. The fraction of sp³-hybridized carbons (Fsp3) is 0.150. The van der Waals surface area contributed by atoms with Gasteiger partial charge >= 0.3 is 0 Å². The smallest absolute Gasteiger partial charge is 0.266 e. The highest BCUT2D eigenvalue weighted by Crippen LogP contribution is 2.29. The van der Waals surface area contributed by atoms with Crippen LogP contribution in [0.3, 0.4) is 0 Å². The highest BCUT2D eigenvalue weighted by atomic mass is 16.5. The topological polar surface area (TPSA) is 95.1 Å². The van der Waals surface area contributed by atoms with Gasteiger partial charge in [0, 0.05) is 5.69 Å². The van der Waals surface area contributed by atoms with Crippen LogP contribution in [-0.2, 0) is 4.79 Å². The lowest BCUT2D eigenvalue weighted by atomic mass is 10.1. The van der Waals surface area contributed by atoms with Crippen molar-refractivity contribution in [1.29, 1.82) is 10.5 Å². The summed E-state index contributed by atoms with van der Waals surface area (Å²) in [6, 6.07) is 16.0. The van der Waals surface area contributed by atoms with Crippen molar-refractivity contribution in [1.82, 2.24) is 0 Å². The van der Waals surface area contributed by atoms with E-state index in [1.54, 1.807) is 24.3 Å². The molecule has 0 aliphatic rings. The third-order valence-electron chi connectivity index (χ3n) is 3.55. The molecule has 26 heavy (non-hydrogen) atoms. The second kappa shape index (κ2) is 8.91. The first kappa shape index (κ1) is 18.6. The Bertz CT molecular complexity index is 921. The molecule has 2 rings (SSSR count). The number of hydrogen-bond acceptors (Lipinski definition) is 5. The van der Waals surface area contributed by atoms with Crippen LogP contribution in [-0.4, -0.2) is 19.6 Å². The molecule has 1 N–H and O–H groups in total. The van der Waals surface area contributed by atoms with Crippen molar-refractivity contribution in [2.45, 2.75) is 6.92 Å². The van der Waals surface area contributed by atoms with Crippen molar-refractivity contribution in [3.05, 3.63) is 59.2 Å². The maximum atomic E-state index is 12.4. The molecule has 0 unspecified atom stereocenters. The predicted molar refractivity (Wildman–Crippen MR) is 97.5 cm³/mol. The molecule has 0 bridgehead atoms. The summed E-state index contributed by atoms with van der Waals surface area (Å²) in [5.41, 5.74) is 2.11. The number of nitrogens with zero attached hydrogens (tertiary/aromatic N) is 2. The van der Waals surface area contributed by atoms with Gasteiger partial charge in [0.15, 0.2) is 18.1 Å². The molecule has 130 valence electrons. The first-order valence-electron chi connectivity index (χ1n) is 7.75. The third-order valence-corrected chi connectivity index (χ3v) is 3.55. The molecular formula is C20H17N3O3.